The molecule has 0 saturated heterocycles. The maximum Gasteiger partial charge on any atom is 0.175 e. The summed E-state index contributed by atoms with van der Waals surface area (Å²) in [4.78, 5) is 10.9. The van der Waals surface area contributed by atoms with Crippen molar-refractivity contribution in [2.45, 2.75) is 25.4 Å². The Morgan fingerprint density at radius 3 is 2.64 bits per heavy atom. The Morgan fingerprint density at radius 1 is 1.64 bits per heavy atom. The van der Waals surface area contributed by atoms with Crippen molar-refractivity contribution in [1.29, 1.82) is 0 Å². The summed E-state index contributed by atoms with van der Waals surface area (Å²) in [6.45, 7) is 1.36. The summed E-state index contributed by atoms with van der Waals surface area (Å²) in [6, 6.07) is 0. The Kier molecular flexibility index (Phi) is 1.23. The summed E-state index contributed by atoms with van der Waals surface area (Å²) < 4.78 is 13.7. The van der Waals surface area contributed by atoms with Crippen molar-refractivity contribution in [1.82, 2.24) is 0 Å². The fourth-order valence-electron chi connectivity index (χ4n) is 2.20. The van der Waals surface area contributed by atoms with Crippen LogP contribution in [0.4, 0.5) is 4.39 Å². The highest BCUT2D eigenvalue weighted by Gasteiger charge is 2.52. The molecule has 1 fully saturated rings. The van der Waals surface area contributed by atoms with E-state index in [1.807, 2.05) is 12.2 Å². The Labute approximate surface area is 65.3 Å². The fraction of sp³-hybridized carbons (Fsp3) is 0.667. The molecule has 0 spiro atoms. The van der Waals surface area contributed by atoms with Gasteiger partial charge in [0.25, 0.3) is 0 Å². The first-order valence-corrected chi connectivity index (χ1v) is 4.01. The van der Waals surface area contributed by atoms with Gasteiger partial charge in [-0.15, -0.1) is 0 Å². The van der Waals surface area contributed by atoms with Gasteiger partial charge in [0.1, 0.15) is 0 Å². The standard InChI is InChI=1S/C9H11FO/c1-6(11)9(10)5-7-2-3-8(9)4-7/h2-3,7-8H,4-5H2,1H3/t7-,8+,9-/m1/s1. The van der Waals surface area contributed by atoms with E-state index in [4.69, 9.17) is 0 Å². The molecule has 1 saturated carbocycles. The number of hydrogen-bond donors (Lipinski definition) is 0. The van der Waals surface area contributed by atoms with Crippen molar-refractivity contribution in [3.05, 3.63) is 12.2 Å². The predicted molar refractivity (Wildman–Crippen MR) is 39.9 cm³/mol. The number of Topliss-reactive ketones (excluding diaryl/α,β-unsaturated/α-hetero) is 1. The van der Waals surface area contributed by atoms with Crippen LogP contribution >= 0.6 is 0 Å². The maximum absolute atomic E-state index is 13.7. The molecule has 0 radical (unpaired) electrons. The summed E-state index contributed by atoms with van der Waals surface area (Å²) in [5.41, 5.74) is -1.51. The van der Waals surface area contributed by atoms with Crippen LogP contribution in [0.5, 0.6) is 0 Å². The second kappa shape index (κ2) is 1.93. The van der Waals surface area contributed by atoms with E-state index in [1.54, 1.807) is 0 Å². The van der Waals surface area contributed by atoms with Crippen LogP contribution in [0.2, 0.25) is 0 Å². The third-order valence-corrected chi connectivity index (χ3v) is 2.90. The average Bonchev–Trinajstić information content (AvgIpc) is 2.45. The normalized spacial score (nSPS) is 46.7. The predicted octanol–water partition coefficient (Wildman–Crippen LogP) is 1.88. The number of allylic oxidation sites excluding steroid dienone is 2. The number of ketones is 1. The van der Waals surface area contributed by atoms with Gasteiger partial charge in [-0.25, -0.2) is 4.39 Å². The van der Waals surface area contributed by atoms with Crippen LogP contribution in [0.25, 0.3) is 0 Å². The Morgan fingerprint density at radius 2 is 2.36 bits per heavy atom. The molecular formula is C9H11FO. The number of halogens is 1. The zero-order valence-corrected chi connectivity index (χ0v) is 6.51. The topological polar surface area (TPSA) is 17.1 Å². The van der Waals surface area contributed by atoms with E-state index < -0.39 is 5.67 Å². The SMILES string of the molecule is CC(=O)[C@]1(F)C[C@@H]2C=C[C@H]1C2. The smallest absolute Gasteiger partial charge is 0.175 e. The maximum atomic E-state index is 13.7. The monoisotopic (exact) mass is 154 g/mol. The summed E-state index contributed by atoms with van der Waals surface area (Å²) in [6.07, 6.45) is 5.15. The zero-order chi connectivity index (χ0) is 8.06. The molecule has 0 N–H and O–H groups in total. The van der Waals surface area contributed by atoms with Gasteiger partial charge in [0.2, 0.25) is 0 Å². The molecule has 11 heavy (non-hydrogen) atoms. The van der Waals surface area contributed by atoms with E-state index in [2.05, 4.69) is 0 Å². The molecular weight excluding hydrogens is 143 g/mol. The number of hydrogen-bond acceptors (Lipinski definition) is 1. The van der Waals surface area contributed by atoms with Crippen molar-refractivity contribution >= 4 is 5.78 Å². The molecule has 2 bridgehead atoms. The first-order valence-electron chi connectivity index (χ1n) is 4.01. The molecule has 1 nitrogen and oxygen atoms in total. The van der Waals surface area contributed by atoms with Crippen LogP contribution in [0, 0.1) is 11.8 Å². The molecule has 3 atom stereocenters. The minimum Gasteiger partial charge on any atom is -0.296 e. The molecule has 2 rings (SSSR count). The Bertz CT molecular complexity index is 234. The van der Waals surface area contributed by atoms with Gasteiger partial charge in [-0.2, -0.15) is 0 Å². The number of fused-ring (bicyclic) bond motifs is 2. The molecule has 60 valence electrons. The quantitative estimate of drug-likeness (QED) is 0.527. The second-order valence-corrected chi connectivity index (χ2v) is 3.61. The van der Waals surface area contributed by atoms with E-state index in [9.17, 15) is 9.18 Å². The molecule has 0 amide bonds. The van der Waals surface area contributed by atoms with Crippen LogP contribution in [0.1, 0.15) is 19.8 Å². The zero-order valence-electron chi connectivity index (χ0n) is 6.51. The number of alkyl halides is 1. The molecule has 2 aliphatic rings. The van der Waals surface area contributed by atoms with Crippen LogP contribution < -0.4 is 0 Å². The number of carbonyl (C=O) groups excluding carboxylic acids is 1. The number of carbonyl (C=O) groups is 1. The van der Waals surface area contributed by atoms with Crippen molar-refractivity contribution < 1.29 is 9.18 Å². The Balaban J connectivity index is 2.30. The third kappa shape index (κ3) is 0.784. The highest BCUT2D eigenvalue weighted by Crippen LogP contribution is 2.48. The number of rotatable bonds is 1. The molecule has 0 unspecified atom stereocenters. The Hall–Kier alpha value is -0.660. The van der Waals surface area contributed by atoms with Crippen LogP contribution in [0.3, 0.4) is 0 Å². The summed E-state index contributed by atoms with van der Waals surface area (Å²) in [5.74, 6) is -0.0896. The van der Waals surface area contributed by atoms with Gasteiger partial charge in [0.05, 0.1) is 0 Å². The second-order valence-electron chi connectivity index (χ2n) is 3.61. The molecule has 0 aromatic rings. The van der Waals surface area contributed by atoms with E-state index in [-0.39, 0.29) is 11.7 Å². The first kappa shape index (κ1) is 7.01. The molecule has 0 aromatic carbocycles. The van der Waals surface area contributed by atoms with E-state index >= 15 is 0 Å². The van der Waals surface area contributed by atoms with Crippen LogP contribution in [-0.4, -0.2) is 11.5 Å². The molecule has 0 heterocycles. The largest absolute Gasteiger partial charge is 0.296 e. The van der Waals surface area contributed by atoms with Gasteiger partial charge in [-0.05, 0) is 25.7 Å². The lowest BCUT2D eigenvalue weighted by atomic mass is 9.87. The van der Waals surface area contributed by atoms with Crippen molar-refractivity contribution in [2.75, 3.05) is 0 Å². The van der Waals surface area contributed by atoms with Gasteiger partial charge in [0.15, 0.2) is 11.5 Å². The summed E-state index contributed by atoms with van der Waals surface area (Å²) in [5, 5.41) is 0. The lowest BCUT2D eigenvalue weighted by molar-refractivity contribution is -0.129. The molecule has 2 aliphatic carbocycles. The molecule has 0 aliphatic heterocycles. The van der Waals surface area contributed by atoms with Gasteiger partial charge < -0.3 is 0 Å². The average molecular weight is 154 g/mol. The lowest BCUT2D eigenvalue weighted by Gasteiger charge is -2.23. The lowest BCUT2D eigenvalue weighted by Crippen LogP contribution is -2.35. The van der Waals surface area contributed by atoms with Gasteiger partial charge in [0, 0.05) is 5.92 Å². The van der Waals surface area contributed by atoms with Gasteiger partial charge in [-0.3, -0.25) is 4.79 Å². The molecule has 0 aromatic heterocycles. The van der Waals surface area contributed by atoms with E-state index in [1.165, 1.54) is 6.92 Å². The summed E-state index contributed by atoms with van der Waals surface area (Å²) >= 11 is 0. The minimum atomic E-state index is -1.51. The van der Waals surface area contributed by atoms with E-state index in [0.717, 1.165) is 6.42 Å². The first-order chi connectivity index (χ1) is 5.13. The summed E-state index contributed by atoms with van der Waals surface area (Å²) in [7, 11) is 0. The van der Waals surface area contributed by atoms with Crippen LogP contribution in [0.15, 0.2) is 12.2 Å². The third-order valence-electron chi connectivity index (χ3n) is 2.90. The molecule has 2 heteroatoms. The highest BCUT2D eigenvalue weighted by atomic mass is 19.1. The fourth-order valence-corrected chi connectivity index (χ4v) is 2.20. The van der Waals surface area contributed by atoms with E-state index in [0.29, 0.717) is 12.3 Å². The van der Waals surface area contributed by atoms with Gasteiger partial charge in [-0.1, -0.05) is 12.2 Å². The van der Waals surface area contributed by atoms with Gasteiger partial charge >= 0.3 is 0 Å². The highest BCUT2D eigenvalue weighted by molar-refractivity contribution is 5.86. The van der Waals surface area contributed by atoms with Crippen molar-refractivity contribution in [3.8, 4) is 0 Å². The van der Waals surface area contributed by atoms with Crippen molar-refractivity contribution in [3.63, 3.8) is 0 Å². The van der Waals surface area contributed by atoms with Crippen LogP contribution in [-0.2, 0) is 4.79 Å². The minimum absolute atomic E-state index is 0.120. The van der Waals surface area contributed by atoms with Crippen molar-refractivity contribution in [2.24, 2.45) is 11.8 Å².